The van der Waals surface area contributed by atoms with Gasteiger partial charge in [-0.25, -0.2) is 0 Å². The third kappa shape index (κ3) is 4.17. The third-order valence-corrected chi connectivity index (χ3v) is 4.36. The van der Waals surface area contributed by atoms with Crippen LogP contribution in [0.15, 0.2) is 0 Å². The summed E-state index contributed by atoms with van der Waals surface area (Å²) in [6.07, 6.45) is 2.16. The Morgan fingerprint density at radius 1 is 1.20 bits per heavy atom. The summed E-state index contributed by atoms with van der Waals surface area (Å²) in [5.41, 5.74) is 0. The molecule has 0 radical (unpaired) electrons. The summed E-state index contributed by atoms with van der Waals surface area (Å²) in [6.45, 7) is 10.8. The number of hydrogen-bond donors (Lipinski definition) is 0. The van der Waals surface area contributed by atoms with E-state index in [1.165, 1.54) is 0 Å². The molecule has 1 unspecified atom stereocenters. The van der Waals surface area contributed by atoms with Gasteiger partial charge in [-0.15, -0.1) is 0 Å². The highest BCUT2D eigenvalue weighted by Crippen LogP contribution is 2.20. The number of rotatable bonds is 5. The standard InChI is InChI=1S/C15H28N2O3/c1-3-17(4-2)15(18)13-5-7-16(8-6-13)11-14-12-19-9-10-20-14/h13-14H,3-12H2,1-2H3. The zero-order valence-corrected chi connectivity index (χ0v) is 12.8. The molecule has 1 amide bonds. The summed E-state index contributed by atoms with van der Waals surface area (Å²) in [4.78, 5) is 16.7. The van der Waals surface area contributed by atoms with Gasteiger partial charge in [0.15, 0.2) is 0 Å². The van der Waals surface area contributed by atoms with Crippen molar-refractivity contribution in [1.82, 2.24) is 9.80 Å². The number of hydrogen-bond acceptors (Lipinski definition) is 4. The quantitative estimate of drug-likeness (QED) is 0.755. The Hall–Kier alpha value is -0.650. The van der Waals surface area contributed by atoms with Crippen LogP contribution < -0.4 is 0 Å². The topological polar surface area (TPSA) is 42.0 Å². The van der Waals surface area contributed by atoms with Crippen molar-refractivity contribution in [1.29, 1.82) is 0 Å². The van der Waals surface area contributed by atoms with E-state index in [9.17, 15) is 4.79 Å². The van der Waals surface area contributed by atoms with E-state index in [1.54, 1.807) is 0 Å². The molecule has 2 fully saturated rings. The van der Waals surface area contributed by atoms with Crippen LogP contribution in [-0.2, 0) is 14.3 Å². The Morgan fingerprint density at radius 2 is 1.90 bits per heavy atom. The van der Waals surface area contributed by atoms with Gasteiger partial charge >= 0.3 is 0 Å². The molecule has 0 spiro atoms. The highest BCUT2D eigenvalue weighted by Gasteiger charge is 2.28. The molecule has 2 heterocycles. The molecule has 2 saturated heterocycles. The molecule has 1 atom stereocenters. The van der Waals surface area contributed by atoms with Gasteiger partial charge in [0.2, 0.25) is 5.91 Å². The summed E-state index contributed by atoms with van der Waals surface area (Å²) in [5.74, 6) is 0.557. The highest BCUT2D eigenvalue weighted by molar-refractivity contribution is 5.78. The summed E-state index contributed by atoms with van der Waals surface area (Å²) < 4.78 is 11.1. The van der Waals surface area contributed by atoms with Gasteiger partial charge in [0.1, 0.15) is 0 Å². The van der Waals surface area contributed by atoms with Crippen molar-refractivity contribution in [3.05, 3.63) is 0 Å². The maximum absolute atomic E-state index is 12.3. The number of carbonyl (C=O) groups excluding carboxylic acids is 1. The first kappa shape index (κ1) is 15.7. The van der Waals surface area contributed by atoms with E-state index in [2.05, 4.69) is 18.7 Å². The molecule has 0 aromatic heterocycles. The van der Waals surface area contributed by atoms with Crippen molar-refractivity contribution < 1.29 is 14.3 Å². The molecule has 5 heteroatoms. The van der Waals surface area contributed by atoms with Crippen LogP contribution in [-0.4, -0.2) is 74.4 Å². The lowest BCUT2D eigenvalue weighted by Gasteiger charge is -2.36. The molecule has 0 saturated carbocycles. The summed E-state index contributed by atoms with van der Waals surface area (Å²) in [7, 11) is 0. The SMILES string of the molecule is CCN(CC)C(=O)C1CCN(CC2COCCO2)CC1. The van der Waals surface area contributed by atoms with Crippen LogP contribution >= 0.6 is 0 Å². The zero-order valence-electron chi connectivity index (χ0n) is 12.8. The van der Waals surface area contributed by atoms with Gasteiger partial charge in [-0.2, -0.15) is 0 Å². The molecule has 2 rings (SSSR count). The maximum atomic E-state index is 12.3. The first-order chi connectivity index (χ1) is 9.74. The molecule has 0 N–H and O–H groups in total. The minimum absolute atomic E-state index is 0.207. The number of amides is 1. The summed E-state index contributed by atoms with van der Waals surface area (Å²) in [5, 5.41) is 0. The second kappa shape index (κ2) is 7.96. The fraction of sp³-hybridized carbons (Fsp3) is 0.933. The first-order valence-electron chi connectivity index (χ1n) is 7.95. The number of ether oxygens (including phenoxy) is 2. The maximum Gasteiger partial charge on any atom is 0.225 e. The van der Waals surface area contributed by atoms with Gasteiger partial charge in [-0.1, -0.05) is 0 Å². The Morgan fingerprint density at radius 3 is 2.45 bits per heavy atom. The second-order valence-electron chi connectivity index (χ2n) is 5.65. The van der Waals surface area contributed by atoms with Crippen LogP contribution in [0.2, 0.25) is 0 Å². The predicted molar refractivity (Wildman–Crippen MR) is 77.7 cm³/mol. The Balaban J connectivity index is 1.72. The number of piperidine rings is 1. The Labute approximate surface area is 122 Å². The summed E-state index contributed by atoms with van der Waals surface area (Å²) in [6, 6.07) is 0. The highest BCUT2D eigenvalue weighted by atomic mass is 16.6. The summed E-state index contributed by atoms with van der Waals surface area (Å²) >= 11 is 0. The van der Waals surface area contributed by atoms with E-state index in [0.717, 1.165) is 52.2 Å². The van der Waals surface area contributed by atoms with E-state index < -0.39 is 0 Å². The predicted octanol–water partition coefficient (Wildman–Crippen LogP) is 0.982. The fourth-order valence-electron chi connectivity index (χ4n) is 3.09. The largest absolute Gasteiger partial charge is 0.376 e. The Kier molecular flexibility index (Phi) is 6.26. The average Bonchev–Trinajstić information content (AvgIpc) is 2.50. The molecule has 5 nitrogen and oxygen atoms in total. The van der Waals surface area contributed by atoms with Crippen molar-refractivity contribution >= 4 is 5.91 Å². The molecule has 0 bridgehead atoms. The molecule has 0 aliphatic carbocycles. The van der Waals surface area contributed by atoms with Gasteiger partial charge < -0.3 is 19.3 Å². The minimum Gasteiger partial charge on any atom is -0.376 e. The van der Waals surface area contributed by atoms with E-state index in [1.807, 2.05) is 4.90 Å². The van der Waals surface area contributed by atoms with Crippen molar-refractivity contribution in [3.8, 4) is 0 Å². The lowest BCUT2D eigenvalue weighted by molar-refractivity contribution is -0.137. The smallest absolute Gasteiger partial charge is 0.225 e. The van der Waals surface area contributed by atoms with E-state index >= 15 is 0 Å². The lowest BCUT2D eigenvalue weighted by Crippen LogP contribution is -2.46. The molecule has 0 aromatic rings. The normalized spacial score (nSPS) is 25.6. The van der Waals surface area contributed by atoms with Crippen molar-refractivity contribution in [2.24, 2.45) is 5.92 Å². The number of likely N-dealkylation sites (tertiary alicyclic amines) is 1. The van der Waals surface area contributed by atoms with Crippen LogP contribution in [0.1, 0.15) is 26.7 Å². The van der Waals surface area contributed by atoms with Crippen LogP contribution in [0.25, 0.3) is 0 Å². The molecular weight excluding hydrogens is 256 g/mol. The average molecular weight is 284 g/mol. The van der Waals surface area contributed by atoms with Crippen LogP contribution in [0, 0.1) is 5.92 Å². The second-order valence-corrected chi connectivity index (χ2v) is 5.65. The fourth-order valence-corrected chi connectivity index (χ4v) is 3.09. The van der Waals surface area contributed by atoms with Gasteiger partial charge in [-0.05, 0) is 39.8 Å². The molecule has 2 aliphatic heterocycles. The minimum atomic E-state index is 0.207. The number of nitrogens with zero attached hydrogens (tertiary/aromatic N) is 2. The van der Waals surface area contributed by atoms with E-state index in [4.69, 9.17) is 9.47 Å². The van der Waals surface area contributed by atoms with Gasteiger partial charge in [-0.3, -0.25) is 4.79 Å². The molecule has 2 aliphatic rings. The van der Waals surface area contributed by atoms with Crippen molar-refractivity contribution in [2.75, 3.05) is 52.5 Å². The molecule has 116 valence electrons. The third-order valence-electron chi connectivity index (χ3n) is 4.36. The van der Waals surface area contributed by atoms with E-state index in [-0.39, 0.29) is 12.0 Å². The van der Waals surface area contributed by atoms with Crippen LogP contribution in [0.5, 0.6) is 0 Å². The van der Waals surface area contributed by atoms with Crippen molar-refractivity contribution in [2.45, 2.75) is 32.8 Å². The monoisotopic (exact) mass is 284 g/mol. The molecular formula is C15H28N2O3. The molecule has 0 aromatic carbocycles. The van der Waals surface area contributed by atoms with Gasteiger partial charge in [0, 0.05) is 25.6 Å². The Bertz CT molecular complexity index is 293. The zero-order chi connectivity index (χ0) is 14.4. The van der Waals surface area contributed by atoms with E-state index in [0.29, 0.717) is 19.1 Å². The first-order valence-corrected chi connectivity index (χ1v) is 7.95. The molecule has 20 heavy (non-hydrogen) atoms. The van der Waals surface area contributed by atoms with Crippen molar-refractivity contribution in [3.63, 3.8) is 0 Å². The lowest BCUT2D eigenvalue weighted by atomic mass is 9.95. The van der Waals surface area contributed by atoms with Crippen LogP contribution in [0.3, 0.4) is 0 Å². The van der Waals surface area contributed by atoms with Gasteiger partial charge in [0.05, 0.1) is 25.9 Å². The number of carbonyl (C=O) groups is 1. The van der Waals surface area contributed by atoms with Crippen LogP contribution in [0.4, 0.5) is 0 Å². The van der Waals surface area contributed by atoms with Gasteiger partial charge in [0.25, 0.3) is 0 Å².